The first-order chi connectivity index (χ1) is 5.07. The Kier molecular flexibility index (Phi) is 4.81. The Morgan fingerprint density at radius 3 is 2.64 bits per heavy atom. The van der Waals surface area contributed by atoms with Crippen molar-refractivity contribution >= 4 is 5.91 Å². The summed E-state index contributed by atoms with van der Waals surface area (Å²) in [5.74, 6) is -0.225. The molecule has 0 spiro atoms. The highest BCUT2D eigenvalue weighted by atomic mass is 16.3. The molecule has 0 aromatic heterocycles. The fourth-order valence-electron chi connectivity index (χ4n) is 0.524. The molecule has 0 aromatic rings. The van der Waals surface area contributed by atoms with Gasteiger partial charge in [-0.15, -0.1) is 0 Å². The molecule has 0 heterocycles. The lowest BCUT2D eigenvalue weighted by molar-refractivity contribution is -0.122. The maximum Gasteiger partial charge on any atom is 0.236 e. The van der Waals surface area contributed by atoms with Gasteiger partial charge in [0.2, 0.25) is 5.91 Å². The van der Waals surface area contributed by atoms with Gasteiger partial charge in [-0.3, -0.25) is 4.79 Å². The van der Waals surface area contributed by atoms with E-state index in [4.69, 9.17) is 10.8 Å². The van der Waals surface area contributed by atoms with Gasteiger partial charge in [-0.05, 0) is 13.3 Å². The highest BCUT2D eigenvalue weighted by Gasteiger charge is 2.07. The molecule has 0 aliphatic rings. The first-order valence-electron chi connectivity index (χ1n) is 3.79. The summed E-state index contributed by atoms with van der Waals surface area (Å²) in [6.45, 7) is 3.74. The molecule has 0 radical (unpaired) electrons. The van der Waals surface area contributed by atoms with Crippen LogP contribution in [0.2, 0.25) is 0 Å². The van der Waals surface area contributed by atoms with Crippen LogP contribution in [0, 0.1) is 0 Å². The fraction of sp³-hybridized carbons (Fsp3) is 0.857. The van der Waals surface area contributed by atoms with E-state index in [1.807, 2.05) is 6.92 Å². The summed E-state index contributed by atoms with van der Waals surface area (Å²) in [5.41, 5.74) is 5.27. The number of aliphatic hydroxyl groups excluding tert-OH is 1. The Morgan fingerprint density at radius 2 is 2.27 bits per heavy atom. The minimum absolute atomic E-state index is 0.225. The predicted molar refractivity (Wildman–Crippen MR) is 43.0 cm³/mol. The zero-order valence-electron chi connectivity index (χ0n) is 7.00. The van der Waals surface area contributed by atoms with Gasteiger partial charge in [-0.2, -0.15) is 0 Å². The van der Waals surface area contributed by atoms with Crippen LogP contribution in [-0.4, -0.2) is 29.7 Å². The van der Waals surface area contributed by atoms with E-state index in [0.29, 0.717) is 6.42 Å². The van der Waals surface area contributed by atoms with Gasteiger partial charge in [0.15, 0.2) is 0 Å². The van der Waals surface area contributed by atoms with Crippen molar-refractivity contribution in [1.82, 2.24) is 5.32 Å². The van der Waals surface area contributed by atoms with E-state index >= 15 is 0 Å². The average molecular weight is 160 g/mol. The molecule has 11 heavy (non-hydrogen) atoms. The van der Waals surface area contributed by atoms with Crippen LogP contribution in [0.3, 0.4) is 0 Å². The Morgan fingerprint density at radius 1 is 1.73 bits per heavy atom. The first-order valence-corrected chi connectivity index (χ1v) is 3.79. The number of rotatable bonds is 4. The quantitative estimate of drug-likeness (QED) is 0.505. The predicted octanol–water partition coefficient (Wildman–Crippen LogP) is -0.779. The molecule has 4 N–H and O–H groups in total. The fourth-order valence-corrected chi connectivity index (χ4v) is 0.524. The van der Waals surface area contributed by atoms with Crippen molar-refractivity contribution in [1.29, 1.82) is 0 Å². The zero-order valence-corrected chi connectivity index (χ0v) is 7.00. The summed E-state index contributed by atoms with van der Waals surface area (Å²) in [7, 11) is 0. The van der Waals surface area contributed by atoms with E-state index in [1.165, 1.54) is 0 Å². The van der Waals surface area contributed by atoms with Crippen LogP contribution in [0.5, 0.6) is 0 Å². The topological polar surface area (TPSA) is 75.3 Å². The highest BCUT2D eigenvalue weighted by molar-refractivity contribution is 5.80. The van der Waals surface area contributed by atoms with Gasteiger partial charge in [0.25, 0.3) is 0 Å². The second-order valence-electron chi connectivity index (χ2n) is 2.60. The Labute approximate surface area is 66.8 Å². The van der Waals surface area contributed by atoms with Gasteiger partial charge in [0, 0.05) is 6.54 Å². The molecule has 0 rings (SSSR count). The molecule has 2 atom stereocenters. The van der Waals surface area contributed by atoms with Gasteiger partial charge >= 0.3 is 0 Å². The van der Waals surface area contributed by atoms with E-state index in [-0.39, 0.29) is 12.5 Å². The molecule has 0 fully saturated rings. The molecule has 1 unspecified atom stereocenters. The minimum Gasteiger partial charge on any atom is -0.391 e. The molecule has 0 aliphatic heterocycles. The van der Waals surface area contributed by atoms with Gasteiger partial charge < -0.3 is 16.2 Å². The van der Waals surface area contributed by atoms with Gasteiger partial charge in [0.1, 0.15) is 0 Å². The molecule has 66 valence electrons. The van der Waals surface area contributed by atoms with Gasteiger partial charge in [-0.25, -0.2) is 0 Å². The lowest BCUT2D eigenvalue weighted by Crippen LogP contribution is -2.41. The summed E-state index contributed by atoms with van der Waals surface area (Å²) in [4.78, 5) is 10.8. The van der Waals surface area contributed by atoms with E-state index in [1.54, 1.807) is 6.92 Å². The highest BCUT2D eigenvalue weighted by Crippen LogP contribution is 1.86. The standard InChI is InChI=1S/C7H16N2O2/c1-3-6(10)4-9-7(11)5(2)8/h5-6,10H,3-4,8H2,1-2H3,(H,9,11)/t5-,6?/m0/s1. The number of nitrogens with one attached hydrogen (secondary N) is 1. The molecule has 0 bridgehead atoms. The lowest BCUT2D eigenvalue weighted by Gasteiger charge is -2.10. The second-order valence-corrected chi connectivity index (χ2v) is 2.60. The molecule has 0 aromatic carbocycles. The van der Waals surface area contributed by atoms with Gasteiger partial charge in [-0.1, -0.05) is 6.92 Å². The van der Waals surface area contributed by atoms with Crippen molar-refractivity contribution in [3.8, 4) is 0 Å². The average Bonchev–Trinajstić information content (AvgIpc) is 1.99. The van der Waals surface area contributed by atoms with Crippen LogP contribution in [0.15, 0.2) is 0 Å². The van der Waals surface area contributed by atoms with Crippen molar-refractivity contribution in [2.24, 2.45) is 5.73 Å². The zero-order chi connectivity index (χ0) is 8.85. The smallest absolute Gasteiger partial charge is 0.236 e. The minimum atomic E-state index is -0.501. The lowest BCUT2D eigenvalue weighted by atomic mass is 10.2. The van der Waals surface area contributed by atoms with Crippen LogP contribution in [0.25, 0.3) is 0 Å². The Balaban J connectivity index is 3.46. The van der Waals surface area contributed by atoms with Crippen LogP contribution < -0.4 is 11.1 Å². The largest absolute Gasteiger partial charge is 0.391 e. The third-order valence-electron chi connectivity index (χ3n) is 1.40. The number of aliphatic hydroxyl groups is 1. The monoisotopic (exact) mass is 160 g/mol. The Bertz CT molecular complexity index is 126. The van der Waals surface area contributed by atoms with Crippen LogP contribution in [0.4, 0.5) is 0 Å². The molecule has 0 aliphatic carbocycles. The molecule has 0 saturated heterocycles. The molecule has 4 heteroatoms. The third-order valence-corrected chi connectivity index (χ3v) is 1.40. The molecular weight excluding hydrogens is 144 g/mol. The SMILES string of the molecule is CCC(O)CNC(=O)[C@H](C)N. The second kappa shape index (κ2) is 5.09. The number of nitrogens with two attached hydrogens (primary N) is 1. The third kappa shape index (κ3) is 4.75. The maximum absolute atomic E-state index is 10.8. The van der Waals surface area contributed by atoms with Crippen LogP contribution in [0.1, 0.15) is 20.3 Å². The number of hydrogen-bond acceptors (Lipinski definition) is 3. The van der Waals surface area contributed by atoms with Crippen molar-refractivity contribution in [2.45, 2.75) is 32.4 Å². The van der Waals surface area contributed by atoms with Crippen molar-refractivity contribution < 1.29 is 9.90 Å². The number of carbonyl (C=O) groups excluding carboxylic acids is 1. The van der Waals surface area contributed by atoms with E-state index in [2.05, 4.69) is 5.32 Å². The Hall–Kier alpha value is -0.610. The summed E-state index contributed by atoms with van der Waals surface area (Å²) < 4.78 is 0. The normalized spacial score (nSPS) is 15.6. The molecular formula is C7H16N2O2. The van der Waals surface area contributed by atoms with Gasteiger partial charge in [0.05, 0.1) is 12.1 Å². The molecule has 4 nitrogen and oxygen atoms in total. The summed E-state index contributed by atoms with van der Waals surface area (Å²) in [6, 6.07) is -0.501. The van der Waals surface area contributed by atoms with Crippen LogP contribution in [-0.2, 0) is 4.79 Å². The van der Waals surface area contributed by atoms with E-state index in [9.17, 15) is 4.79 Å². The maximum atomic E-state index is 10.8. The van der Waals surface area contributed by atoms with Crippen molar-refractivity contribution in [3.05, 3.63) is 0 Å². The van der Waals surface area contributed by atoms with Crippen molar-refractivity contribution in [2.75, 3.05) is 6.54 Å². The summed E-state index contributed by atoms with van der Waals surface area (Å²) in [6.07, 6.45) is 0.178. The number of hydrogen-bond donors (Lipinski definition) is 3. The van der Waals surface area contributed by atoms with E-state index < -0.39 is 12.1 Å². The number of amides is 1. The number of carbonyl (C=O) groups is 1. The molecule has 1 amide bonds. The summed E-state index contributed by atoms with van der Waals surface area (Å²) >= 11 is 0. The molecule has 0 saturated carbocycles. The van der Waals surface area contributed by atoms with E-state index in [0.717, 1.165) is 0 Å². The summed E-state index contributed by atoms with van der Waals surface area (Å²) in [5, 5.41) is 11.6. The first kappa shape index (κ1) is 10.4. The van der Waals surface area contributed by atoms with Crippen molar-refractivity contribution in [3.63, 3.8) is 0 Å². The van der Waals surface area contributed by atoms with Crippen LogP contribution >= 0.6 is 0 Å².